The summed E-state index contributed by atoms with van der Waals surface area (Å²) in [7, 11) is 0. The lowest BCUT2D eigenvalue weighted by molar-refractivity contribution is -0.192. The van der Waals surface area contributed by atoms with E-state index in [9.17, 15) is 22.8 Å². The number of hydrogen-bond acceptors (Lipinski definition) is 6. The molecule has 0 bridgehead atoms. The fourth-order valence-corrected chi connectivity index (χ4v) is 7.52. The van der Waals surface area contributed by atoms with E-state index in [0.29, 0.717) is 18.4 Å². The van der Waals surface area contributed by atoms with Crippen LogP contribution in [0.3, 0.4) is 0 Å². The predicted molar refractivity (Wildman–Crippen MR) is 162 cm³/mol. The number of pyridine rings is 1. The normalized spacial score (nSPS) is 23.0. The van der Waals surface area contributed by atoms with Crippen molar-refractivity contribution in [3.63, 3.8) is 0 Å². The van der Waals surface area contributed by atoms with Gasteiger partial charge >= 0.3 is 18.2 Å². The molecule has 1 saturated carbocycles. The van der Waals surface area contributed by atoms with Crippen molar-refractivity contribution in [1.82, 2.24) is 19.7 Å². The summed E-state index contributed by atoms with van der Waals surface area (Å²) in [6, 6.07) is 4.73. The number of halogens is 3. The molecule has 1 aromatic heterocycles. The molecule has 252 valence electrons. The van der Waals surface area contributed by atoms with Gasteiger partial charge in [-0.25, -0.2) is 9.59 Å². The van der Waals surface area contributed by atoms with E-state index >= 15 is 0 Å². The third kappa shape index (κ3) is 9.56. The van der Waals surface area contributed by atoms with E-state index in [2.05, 4.69) is 26.6 Å². The lowest BCUT2D eigenvalue weighted by atomic mass is 9.80. The van der Waals surface area contributed by atoms with Gasteiger partial charge < -0.3 is 19.6 Å². The van der Waals surface area contributed by atoms with Gasteiger partial charge in [0.05, 0.1) is 6.04 Å². The zero-order chi connectivity index (χ0) is 32.5. The van der Waals surface area contributed by atoms with Crippen molar-refractivity contribution in [3.8, 4) is 0 Å². The number of nitrogens with zero attached hydrogens (tertiary/aromatic N) is 4. The third-order valence-corrected chi connectivity index (χ3v) is 10.1. The van der Waals surface area contributed by atoms with Crippen LogP contribution in [0.15, 0.2) is 24.5 Å². The van der Waals surface area contributed by atoms with E-state index in [0.717, 1.165) is 89.7 Å². The molecule has 1 N–H and O–H groups in total. The van der Waals surface area contributed by atoms with Gasteiger partial charge in [0.1, 0.15) is 5.60 Å². The third-order valence-electron chi connectivity index (χ3n) is 10.1. The van der Waals surface area contributed by atoms with Gasteiger partial charge in [0.15, 0.2) is 0 Å². The molecular formula is C33H49F3N4O5. The zero-order valence-electron chi connectivity index (χ0n) is 26.5. The monoisotopic (exact) mass is 638 g/mol. The van der Waals surface area contributed by atoms with Gasteiger partial charge in [-0.2, -0.15) is 13.2 Å². The molecule has 3 saturated heterocycles. The van der Waals surface area contributed by atoms with Crippen molar-refractivity contribution in [2.75, 3.05) is 32.7 Å². The standard InChI is InChI=1S/C31H48N4O3.C2HF3O2/c1-2-3-11-28-31(38-30(37)35(28)24-26-8-5-4-6-9-26)16-21-33(22-17-31)27-14-19-34(20-15-27)29(36)13-12-25-10-7-18-32-23-25;3-2(4,5)1(6)7/h7,10,18,23,26-28H,2-6,8-9,11-17,19-22,24H2,1H3;(H,6,7). The number of ether oxygens (including phenoxy) is 1. The lowest BCUT2D eigenvalue weighted by Crippen LogP contribution is -2.56. The molecule has 4 aliphatic rings. The summed E-state index contributed by atoms with van der Waals surface area (Å²) >= 11 is 0. The number of aryl methyl sites for hydroxylation is 1. The van der Waals surface area contributed by atoms with Crippen LogP contribution in [0, 0.1) is 5.92 Å². The summed E-state index contributed by atoms with van der Waals surface area (Å²) in [6.07, 6.45) is 13.6. The molecule has 4 heterocycles. The number of hydrogen-bond donors (Lipinski definition) is 1. The van der Waals surface area contributed by atoms with E-state index in [4.69, 9.17) is 14.6 Å². The van der Waals surface area contributed by atoms with Gasteiger partial charge in [-0.3, -0.25) is 14.7 Å². The smallest absolute Gasteiger partial charge is 0.475 e. The summed E-state index contributed by atoms with van der Waals surface area (Å²) in [4.78, 5) is 45.8. The summed E-state index contributed by atoms with van der Waals surface area (Å²) in [5.74, 6) is -1.85. The molecule has 0 aromatic carbocycles. The fraction of sp³-hybridized carbons (Fsp3) is 0.758. The molecule has 1 aromatic rings. The highest BCUT2D eigenvalue weighted by Crippen LogP contribution is 2.43. The Kier molecular flexibility index (Phi) is 12.5. The van der Waals surface area contributed by atoms with E-state index in [1.807, 2.05) is 18.3 Å². The molecule has 1 unspecified atom stereocenters. The molecule has 1 aliphatic carbocycles. The van der Waals surface area contributed by atoms with Crippen LogP contribution >= 0.6 is 0 Å². The number of alkyl halides is 3. The summed E-state index contributed by atoms with van der Waals surface area (Å²) in [5, 5.41) is 7.12. The second-order valence-electron chi connectivity index (χ2n) is 13.1. The van der Waals surface area contributed by atoms with Crippen molar-refractivity contribution in [2.45, 2.75) is 121 Å². The topological polar surface area (TPSA) is 103 Å². The van der Waals surface area contributed by atoms with Crippen LogP contribution < -0.4 is 0 Å². The maximum absolute atomic E-state index is 13.2. The molecule has 1 spiro atoms. The van der Waals surface area contributed by atoms with Gasteiger partial charge in [0.2, 0.25) is 5.91 Å². The number of carboxylic acids is 1. The molecule has 2 amide bonds. The van der Waals surface area contributed by atoms with Crippen molar-refractivity contribution in [3.05, 3.63) is 30.1 Å². The first-order chi connectivity index (χ1) is 21.5. The molecule has 9 nitrogen and oxygen atoms in total. The van der Waals surface area contributed by atoms with Crippen LogP contribution in [0.4, 0.5) is 18.0 Å². The number of carbonyl (C=O) groups excluding carboxylic acids is 2. The number of likely N-dealkylation sites (tertiary alicyclic amines) is 2. The second-order valence-corrected chi connectivity index (χ2v) is 13.1. The first-order valence-electron chi connectivity index (χ1n) is 16.7. The van der Waals surface area contributed by atoms with E-state index < -0.39 is 12.1 Å². The van der Waals surface area contributed by atoms with Gasteiger partial charge in [0, 0.05) is 70.4 Å². The fourth-order valence-electron chi connectivity index (χ4n) is 7.52. The van der Waals surface area contributed by atoms with Crippen molar-refractivity contribution < 1.29 is 37.4 Å². The van der Waals surface area contributed by atoms with Crippen LogP contribution in [-0.2, 0) is 20.7 Å². The summed E-state index contributed by atoms with van der Waals surface area (Å²) in [5.41, 5.74) is 0.820. The molecule has 0 radical (unpaired) electrons. The average Bonchev–Trinajstić information content (AvgIpc) is 3.28. The first-order valence-corrected chi connectivity index (χ1v) is 16.7. The van der Waals surface area contributed by atoms with Gasteiger partial charge in [-0.15, -0.1) is 0 Å². The highest BCUT2D eigenvalue weighted by atomic mass is 19.4. The minimum atomic E-state index is -5.08. The number of aromatic nitrogens is 1. The average molecular weight is 639 g/mol. The Morgan fingerprint density at radius 1 is 1.07 bits per heavy atom. The molecule has 5 rings (SSSR count). The number of carboxylic acid groups (broad SMARTS) is 1. The van der Waals surface area contributed by atoms with Crippen molar-refractivity contribution in [2.24, 2.45) is 5.92 Å². The number of unbranched alkanes of at least 4 members (excludes halogenated alkanes) is 1. The Labute approximate surface area is 264 Å². The van der Waals surface area contributed by atoms with Crippen molar-refractivity contribution >= 4 is 18.0 Å². The molecule has 1 atom stereocenters. The molecule has 12 heteroatoms. The zero-order valence-corrected chi connectivity index (χ0v) is 26.5. The number of carbonyl (C=O) groups is 3. The Morgan fingerprint density at radius 3 is 2.31 bits per heavy atom. The van der Waals surface area contributed by atoms with Crippen LogP contribution in [0.1, 0.15) is 96.0 Å². The Balaban J connectivity index is 0.000000591. The van der Waals surface area contributed by atoms with Crippen molar-refractivity contribution in [1.29, 1.82) is 0 Å². The Bertz CT molecular complexity index is 1100. The molecular weight excluding hydrogens is 589 g/mol. The SMILES string of the molecule is CCCCC1N(CC2CCCCC2)C(=O)OC12CCN(C1CCN(C(=O)CCc3cccnc3)CC1)CC2.O=C(O)C(F)(F)F. The van der Waals surface area contributed by atoms with Gasteiger partial charge in [-0.1, -0.05) is 45.1 Å². The van der Waals surface area contributed by atoms with Crippen LogP contribution in [0.2, 0.25) is 0 Å². The molecule has 45 heavy (non-hydrogen) atoms. The van der Waals surface area contributed by atoms with Gasteiger partial charge in [-0.05, 0) is 56.1 Å². The van der Waals surface area contributed by atoms with E-state index in [1.165, 1.54) is 32.1 Å². The maximum Gasteiger partial charge on any atom is 0.490 e. The first kappa shape index (κ1) is 35.0. The quantitative estimate of drug-likeness (QED) is 0.351. The number of amides is 2. The summed E-state index contributed by atoms with van der Waals surface area (Å²) in [6.45, 7) is 6.82. The maximum atomic E-state index is 13.2. The molecule has 3 aliphatic heterocycles. The Morgan fingerprint density at radius 2 is 1.73 bits per heavy atom. The largest absolute Gasteiger partial charge is 0.490 e. The molecule has 4 fully saturated rings. The van der Waals surface area contributed by atoms with Crippen LogP contribution in [-0.4, -0.2) is 99.3 Å². The number of aliphatic carboxylic acids is 1. The lowest BCUT2D eigenvalue weighted by Gasteiger charge is -2.46. The number of rotatable bonds is 9. The highest BCUT2D eigenvalue weighted by Gasteiger charge is 2.55. The van der Waals surface area contributed by atoms with Crippen LogP contribution in [0.25, 0.3) is 0 Å². The highest BCUT2D eigenvalue weighted by molar-refractivity contribution is 5.76. The predicted octanol–water partition coefficient (Wildman–Crippen LogP) is 6.06. The summed E-state index contributed by atoms with van der Waals surface area (Å²) < 4.78 is 38.0. The van der Waals surface area contributed by atoms with E-state index in [1.54, 1.807) is 6.20 Å². The minimum Gasteiger partial charge on any atom is -0.475 e. The Hall–Kier alpha value is -2.89. The van der Waals surface area contributed by atoms with Crippen LogP contribution in [0.5, 0.6) is 0 Å². The second kappa shape index (κ2) is 16.1. The number of piperidine rings is 2. The van der Waals surface area contributed by atoms with Gasteiger partial charge in [0.25, 0.3) is 0 Å². The van der Waals surface area contributed by atoms with E-state index in [-0.39, 0.29) is 23.6 Å². The minimum absolute atomic E-state index is 0.0526.